The molecule has 0 amide bonds. The van der Waals surface area contributed by atoms with Crippen molar-refractivity contribution in [2.75, 3.05) is 0 Å². The number of aliphatic hydroxyl groups excluding tert-OH is 2. The van der Waals surface area contributed by atoms with E-state index in [-0.39, 0.29) is 76.3 Å². The molecule has 0 heterocycles. The fourth-order valence-electron chi connectivity index (χ4n) is 5.83. The first-order valence-electron chi connectivity index (χ1n) is 28.6. The number of carbonyl (C=O) groups is 6. The van der Waals surface area contributed by atoms with E-state index in [1.807, 2.05) is 0 Å². The normalized spacial score (nSPS) is 10.4. The molecule has 0 radical (unpaired) electrons. The Labute approximate surface area is 477 Å². The van der Waals surface area contributed by atoms with Crippen molar-refractivity contribution in [3.63, 3.8) is 0 Å². The molecule has 0 saturated heterocycles. The summed E-state index contributed by atoms with van der Waals surface area (Å²) in [5.74, 6) is -8.67. The SMILES string of the molecule is CCCCCCCCCCCC(=O)[O-].CCCCCCCCCCCC(=O)[O-].CCC[CH2][Sn+2][CH2]CCC.CCC[CH2][Sn+2][CH2]CCC.CCC[CH2][Sn+2][CH2]CCC.O=C([O-])CC(O)C(=O)[O-].O=C([O-])CC(O)C(=O)[O-]. The molecule has 2 atom stereocenters. The van der Waals surface area contributed by atoms with Crippen molar-refractivity contribution in [3.05, 3.63) is 0 Å². The molecule has 0 aliphatic rings. The van der Waals surface area contributed by atoms with Gasteiger partial charge in [-0.3, -0.25) is 0 Å². The molecule has 0 aromatic heterocycles. The van der Waals surface area contributed by atoms with E-state index in [1.54, 1.807) is 26.6 Å². The maximum atomic E-state index is 10.1. The van der Waals surface area contributed by atoms with Crippen LogP contribution in [0, 0.1) is 0 Å². The van der Waals surface area contributed by atoms with E-state index in [2.05, 4.69) is 55.4 Å². The van der Waals surface area contributed by atoms with Crippen LogP contribution in [-0.2, 0) is 28.8 Å². The summed E-state index contributed by atoms with van der Waals surface area (Å²) in [6.07, 6.45) is 34.1. The Bertz CT molecular complexity index is 1020. The molecule has 2 unspecified atom stereocenters. The fourth-order valence-corrected chi connectivity index (χ4v) is 18.3. The van der Waals surface area contributed by atoms with Crippen LogP contribution >= 0.6 is 0 Å². The summed E-state index contributed by atoms with van der Waals surface area (Å²) in [6, 6.07) is 0. The van der Waals surface area contributed by atoms with Crippen molar-refractivity contribution in [2.45, 2.75) is 313 Å². The molecule has 0 aliphatic heterocycles. The second kappa shape index (κ2) is 80.0. The summed E-state index contributed by atoms with van der Waals surface area (Å²) in [6.45, 7) is 18.2. The molecule has 0 aliphatic carbocycles. The second-order valence-corrected chi connectivity index (χ2v) is 30.9. The number of carbonyl (C=O) groups excluding carboxylic acids is 6. The summed E-state index contributed by atoms with van der Waals surface area (Å²) >= 11 is 0.448. The number of carboxylic acid groups (broad SMARTS) is 6. The van der Waals surface area contributed by atoms with Gasteiger partial charge in [-0.2, -0.15) is 0 Å². The zero-order valence-electron chi connectivity index (χ0n) is 47.7. The van der Waals surface area contributed by atoms with Crippen LogP contribution in [0.4, 0.5) is 0 Å². The molecule has 0 bridgehead atoms. The number of aliphatic carboxylic acids is 6. The minimum absolute atomic E-state index is 0.149. The van der Waals surface area contributed by atoms with Crippen molar-refractivity contribution in [2.24, 2.45) is 0 Å². The molecule has 0 spiro atoms. The first-order chi connectivity index (χ1) is 34.9. The first-order valence-corrected chi connectivity index (χ1v) is 40.7. The maximum Gasteiger partial charge on any atom is 0.0985 e. The predicted octanol–water partition coefficient (Wildman–Crippen LogP) is 7.17. The largest absolute Gasteiger partial charge is 0.550 e. The van der Waals surface area contributed by atoms with Gasteiger partial charge < -0.3 is 69.6 Å². The van der Waals surface area contributed by atoms with Gasteiger partial charge in [0.15, 0.2) is 0 Å². The van der Waals surface area contributed by atoms with Crippen LogP contribution in [0.3, 0.4) is 0 Å². The monoisotopic (exact) mass is 1360 g/mol. The van der Waals surface area contributed by atoms with Crippen LogP contribution in [0.2, 0.25) is 26.6 Å². The Kier molecular flexibility index (Phi) is 94.3. The molecular weight excluding hydrogens is 1250 g/mol. The van der Waals surface area contributed by atoms with E-state index < -0.39 is 60.9 Å². The average molecular weight is 1360 g/mol. The summed E-state index contributed by atoms with van der Waals surface area (Å²) in [5.41, 5.74) is 0. The number of carboxylic acids is 6. The van der Waals surface area contributed by atoms with Gasteiger partial charge in [0.2, 0.25) is 0 Å². The van der Waals surface area contributed by atoms with Crippen molar-refractivity contribution < 1.29 is 69.6 Å². The van der Waals surface area contributed by atoms with Crippen LogP contribution in [0.25, 0.3) is 0 Å². The number of unbranched alkanes of at least 4 members (excludes halogenated alkanes) is 22. The fraction of sp³-hybridized carbons (Fsp3) is 0.893. The molecule has 2 N–H and O–H groups in total. The molecule has 0 saturated carbocycles. The van der Waals surface area contributed by atoms with Crippen LogP contribution in [0.5, 0.6) is 0 Å². The Hall–Kier alpha value is -0.864. The minimum atomic E-state index is -1.96. The molecule has 0 aromatic carbocycles. The van der Waals surface area contributed by atoms with Gasteiger partial charge >= 0.3 is 209 Å². The second-order valence-electron chi connectivity index (χ2n) is 18.1. The van der Waals surface area contributed by atoms with Gasteiger partial charge in [-0.05, 0) is 25.7 Å². The third kappa shape index (κ3) is 112. The Morgan fingerprint density at radius 3 is 0.603 bits per heavy atom. The van der Waals surface area contributed by atoms with Crippen molar-refractivity contribution >= 4 is 99.2 Å². The van der Waals surface area contributed by atoms with Crippen molar-refractivity contribution in [1.29, 1.82) is 0 Å². The summed E-state index contributed by atoms with van der Waals surface area (Å²) in [5, 5.41) is 74.9. The predicted molar refractivity (Wildman–Crippen MR) is 291 cm³/mol. The smallest absolute Gasteiger partial charge is 0.0985 e. The number of hydrogen-bond donors (Lipinski definition) is 2. The third-order valence-electron chi connectivity index (χ3n) is 10.5. The van der Waals surface area contributed by atoms with E-state index in [9.17, 15) is 59.4 Å². The number of aliphatic hydroxyl groups is 2. The molecule has 0 rings (SSSR count). The Morgan fingerprint density at radius 1 is 0.288 bits per heavy atom. The zero-order chi connectivity index (χ0) is 57.0. The summed E-state index contributed by atoms with van der Waals surface area (Å²) in [4.78, 5) is 58.5. The van der Waals surface area contributed by atoms with E-state index in [1.165, 1.54) is 167 Å². The number of rotatable bonds is 44. The topological polar surface area (TPSA) is 281 Å². The maximum absolute atomic E-state index is 10.1. The molecule has 17 heteroatoms. The molecule has 0 fully saturated rings. The molecular formula is C56H108O14Sn3. The van der Waals surface area contributed by atoms with E-state index in [4.69, 9.17) is 10.2 Å². The van der Waals surface area contributed by atoms with Gasteiger partial charge in [0.25, 0.3) is 0 Å². The summed E-state index contributed by atoms with van der Waals surface area (Å²) in [7, 11) is 0. The van der Waals surface area contributed by atoms with Gasteiger partial charge in [0.05, 0.1) is 24.1 Å². The van der Waals surface area contributed by atoms with Gasteiger partial charge in [-0.15, -0.1) is 0 Å². The minimum Gasteiger partial charge on any atom is -0.550 e. The van der Waals surface area contributed by atoms with E-state index >= 15 is 0 Å². The van der Waals surface area contributed by atoms with Gasteiger partial charge in [0.1, 0.15) is 0 Å². The molecule has 73 heavy (non-hydrogen) atoms. The third-order valence-corrected chi connectivity index (χ3v) is 22.6. The van der Waals surface area contributed by atoms with Crippen LogP contribution < -0.4 is 30.6 Å². The van der Waals surface area contributed by atoms with E-state index in [0.717, 1.165) is 25.7 Å². The van der Waals surface area contributed by atoms with Crippen LogP contribution in [-0.4, -0.2) is 122 Å². The molecule has 14 nitrogen and oxygen atoms in total. The summed E-state index contributed by atoms with van der Waals surface area (Å²) < 4.78 is 9.75. The molecule has 428 valence electrons. The molecule has 0 aromatic rings. The van der Waals surface area contributed by atoms with Crippen molar-refractivity contribution in [1.82, 2.24) is 0 Å². The van der Waals surface area contributed by atoms with Crippen LogP contribution in [0.15, 0.2) is 0 Å². The average Bonchev–Trinajstić information content (AvgIpc) is 3.33. The first kappa shape index (κ1) is 86.0. The standard InChI is InChI=1S/2C12H24O2.2C4H6O5.6C4H9.3Sn/c2*1-2-3-4-5-6-7-8-9-10-11-12(13)14;2*5-2(4(8)9)1-3(6)7;6*1-3-4-2;;;/h2*2-11H2,1H3,(H,13,14);2*2,5H,1H2,(H,6,7)(H,8,9);6*1,3-4H2,2H3;;;/q;;;;;;;;;;3*+2/p-6. The number of hydrogen-bond acceptors (Lipinski definition) is 14. The van der Waals surface area contributed by atoms with Crippen molar-refractivity contribution in [3.8, 4) is 0 Å². The zero-order valence-corrected chi connectivity index (χ0v) is 56.3. The van der Waals surface area contributed by atoms with Gasteiger partial charge in [-0.1, -0.05) is 117 Å². The van der Waals surface area contributed by atoms with Gasteiger partial charge in [-0.25, -0.2) is 0 Å². The Balaban J connectivity index is -0.000000141. The van der Waals surface area contributed by atoms with Crippen LogP contribution in [0.1, 0.15) is 274 Å². The Morgan fingerprint density at radius 2 is 0.466 bits per heavy atom. The van der Waals surface area contributed by atoms with Gasteiger partial charge in [0, 0.05) is 36.7 Å². The quantitative estimate of drug-likeness (QED) is 0.0452. The van der Waals surface area contributed by atoms with E-state index in [0.29, 0.717) is 0 Å².